The summed E-state index contributed by atoms with van der Waals surface area (Å²) in [4.78, 5) is 7.65. The molecule has 5 rings (SSSR count). The first-order valence-corrected chi connectivity index (χ1v) is 11.4. The van der Waals surface area contributed by atoms with Crippen molar-refractivity contribution >= 4 is 22.8 Å². The van der Waals surface area contributed by atoms with Gasteiger partial charge in [0, 0.05) is 18.2 Å². The molecule has 0 saturated carbocycles. The van der Waals surface area contributed by atoms with Gasteiger partial charge in [0.25, 0.3) is 0 Å². The van der Waals surface area contributed by atoms with Gasteiger partial charge in [-0.3, -0.25) is 0 Å². The zero-order chi connectivity index (χ0) is 22.0. The number of hydrogen-bond acceptors (Lipinski definition) is 2. The highest BCUT2D eigenvalue weighted by Gasteiger charge is 2.38. The molecular formula is C29H32N2. The number of fused-ring (bicyclic) bond motifs is 3. The molecule has 0 spiro atoms. The van der Waals surface area contributed by atoms with Crippen molar-refractivity contribution in [3.63, 3.8) is 0 Å². The number of aryl methyl sites for hydroxylation is 1. The number of para-hydroxylation sites is 1. The Balaban J connectivity index is 1.82. The van der Waals surface area contributed by atoms with Crippen LogP contribution in [-0.4, -0.2) is 12.8 Å². The van der Waals surface area contributed by atoms with Gasteiger partial charge in [-0.25, -0.2) is 4.99 Å². The number of benzene rings is 3. The van der Waals surface area contributed by atoms with Crippen LogP contribution in [-0.2, 0) is 10.8 Å². The van der Waals surface area contributed by atoms with E-state index in [0.717, 1.165) is 17.0 Å². The van der Waals surface area contributed by atoms with E-state index in [1.807, 2.05) is 0 Å². The first-order valence-electron chi connectivity index (χ1n) is 11.4. The molecule has 0 bridgehead atoms. The van der Waals surface area contributed by atoms with Crippen LogP contribution in [0.4, 0.5) is 17.1 Å². The second-order valence-corrected chi connectivity index (χ2v) is 10.6. The quantitative estimate of drug-likeness (QED) is 0.405. The van der Waals surface area contributed by atoms with Crippen LogP contribution in [0.3, 0.4) is 0 Å². The lowest BCUT2D eigenvalue weighted by molar-refractivity contribution is 0.332. The lowest BCUT2D eigenvalue weighted by atomic mass is 9.63. The van der Waals surface area contributed by atoms with E-state index >= 15 is 0 Å². The molecule has 0 atom stereocenters. The molecule has 0 amide bonds. The number of nitrogens with zero attached hydrogens (tertiary/aromatic N) is 2. The summed E-state index contributed by atoms with van der Waals surface area (Å²) in [6.45, 7) is 11.7. The number of aliphatic imine (C=N–C) groups is 1. The van der Waals surface area contributed by atoms with Gasteiger partial charge in [-0.15, -0.1) is 0 Å². The van der Waals surface area contributed by atoms with Gasteiger partial charge in [0.2, 0.25) is 0 Å². The van der Waals surface area contributed by atoms with Gasteiger partial charge in [0.1, 0.15) is 0 Å². The van der Waals surface area contributed by atoms with Gasteiger partial charge < -0.3 is 4.90 Å². The lowest BCUT2D eigenvalue weighted by Gasteiger charge is -2.42. The first kappa shape index (κ1) is 20.1. The van der Waals surface area contributed by atoms with Gasteiger partial charge in [0.15, 0.2) is 0 Å². The molecule has 3 aromatic carbocycles. The Morgan fingerprint density at radius 2 is 1.39 bits per heavy atom. The van der Waals surface area contributed by atoms with Crippen LogP contribution >= 0.6 is 0 Å². The Kier molecular flexibility index (Phi) is 4.41. The molecule has 0 aromatic heterocycles. The van der Waals surface area contributed by atoms with Crippen molar-refractivity contribution in [1.82, 2.24) is 0 Å². The summed E-state index contributed by atoms with van der Waals surface area (Å²) in [5.41, 5.74) is 11.4. The zero-order valence-corrected chi connectivity index (χ0v) is 19.6. The lowest BCUT2D eigenvalue weighted by Crippen LogP contribution is -2.34. The summed E-state index contributed by atoms with van der Waals surface area (Å²) < 4.78 is 0. The molecule has 1 heterocycles. The van der Waals surface area contributed by atoms with E-state index in [4.69, 9.17) is 4.99 Å². The molecule has 158 valence electrons. The maximum absolute atomic E-state index is 5.33. The van der Waals surface area contributed by atoms with Crippen LogP contribution < -0.4 is 4.90 Å². The van der Waals surface area contributed by atoms with Crippen molar-refractivity contribution in [2.45, 2.75) is 58.3 Å². The minimum absolute atomic E-state index is 0.164. The predicted molar refractivity (Wildman–Crippen MR) is 133 cm³/mol. The molecule has 2 aliphatic rings. The maximum atomic E-state index is 5.33. The molecule has 2 heteroatoms. The van der Waals surface area contributed by atoms with Crippen LogP contribution in [0.15, 0.2) is 65.7 Å². The van der Waals surface area contributed by atoms with Gasteiger partial charge in [0.05, 0.1) is 22.8 Å². The van der Waals surface area contributed by atoms with E-state index in [9.17, 15) is 0 Å². The van der Waals surface area contributed by atoms with E-state index in [2.05, 4.69) is 107 Å². The van der Waals surface area contributed by atoms with Crippen molar-refractivity contribution in [2.24, 2.45) is 4.99 Å². The normalized spacial score (nSPS) is 18.4. The molecule has 0 radical (unpaired) electrons. The molecule has 0 N–H and O–H groups in total. The third-order valence-electron chi connectivity index (χ3n) is 7.39. The Bertz CT molecular complexity index is 1200. The van der Waals surface area contributed by atoms with E-state index in [1.165, 1.54) is 46.5 Å². The molecule has 3 aromatic rings. The SMILES string of the molecule is Cc1ccc(C2=Nc3cc4c(cc3N(C)c3ccccc32)C(C)(C)CCC4(C)C)cc1. The van der Waals surface area contributed by atoms with Gasteiger partial charge in [-0.2, -0.15) is 0 Å². The van der Waals surface area contributed by atoms with Crippen LogP contribution in [0.2, 0.25) is 0 Å². The molecule has 1 aliphatic heterocycles. The summed E-state index contributed by atoms with van der Waals surface area (Å²) in [5.74, 6) is 0. The van der Waals surface area contributed by atoms with Crippen LogP contribution in [0, 0.1) is 6.92 Å². The van der Waals surface area contributed by atoms with Crippen molar-refractivity contribution in [1.29, 1.82) is 0 Å². The Labute approximate surface area is 186 Å². The maximum Gasteiger partial charge on any atom is 0.0877 e. The molecule has 2 nitrogen and oxygen atoms in total. The van der Waals surface area contributed by atoms with Gasteiger partial charge in [-0.05, 0) is 59.9 Å². The highest BCUT2D eigenvalue weighted by atomic mass is 15.1. The highest BCUT2D eigenvalue weighted by Crippen LogP contribution is 2.51. The number of anilines is 2. The molecule has 0 unspecified atom stereocenters. The van der Waals surface area contributed by atoms with Gasteiger partial charge in [-0.1, -0.05) is 75.7 Å². The topological polar surface area (TPSA) is 15.6 Å². The largest absolute Gasteiger partial charge is 0.342 e. The molecule has 0 fully saturated rings. The van der Waals surface area contributed by atoms with E-state index in [-0.39, 0.29) is 10.8 Å². The number of hydrogen-bond donors (Lipinski definition) is 0. The molecule has 0 saturated heterocycles. The van der Waals surface area contributed by atoms with E-state index < -0.39 is 0 Å². The van der Waals surface area contributed by atoms with Crippen LogP contribution in [0.25, 0.3) is 0 Å². The van der Waals surface area contributed by atoms with Crippen LogP contribution in [0.5, 0.6) is 0 Å². The average molecular weight is 409 g/mol. The van der Waals surface area contributed by atoms with Crippen molar-refractivity contribution in [2.75, 3.05) is 11.9 Å². The molecular weight excluding hydrogens is 376 g/mol. The third-order valence-corrected chi connectivity index (χ3v) is 7.39. The summed E-state index contributed by atoms with van der Waals surface area (Å²) in [5, 5.41) is 0. The second-order valence-electron chi connectivity index (χ2n) is 10.6. The fourth-order valence-electron chi connectivity index (χ4n) is 5.16. The number of rotatable bonds is 1. The fourth-order valence-corrected chi connectivity index (χ4v) is 5.16. The highest BCUT2D eigenvalue weighted by molar-refractivity contribution is 6.18. The summed E-state index contributed by atoms with van der Waals surface area (Å²) >= 11 is 0. The van der Waals surface area contributed by atoms with Crippen molar-refractivity contribution < 1.29 is 0 Å². The predicted octanol–water partition coefficient (Wildman–Crippen LogP) is 7.59. The second kappa shape index (κ2) is 6.82. The van der Waals surface area contributed by atoms with E-state index in [1.54, 1.807) is 0 Å². The summed E-state index contributed by atoms with van der Waals surface area (Å²) in [6.07, 6.45) is 2.42. The van der Waals surface area contributed by atoms with Gasteiger partial charge >= 0.3 is 0 Å². The Morgan fingerprint density at radius 1 is 0.774 bits per heavy atom. The van der Waals surface area contributed by atoms with Crippen LogP contribution in [0.1, 0.15) is 68.4 Å². The first-order chi connectivity index (χ1) is 14.7. The molecule has 1 aliphatic carbocycles. The van der Waals surface area contributed by atoms with Crippen molar-refractivity contribution in [3.05, 3.63) is 88.5 Å². The minimum atomic E-state index is 0.164. The smallest absolute Gasteiger partial charge is 0.0877 e. The standard InChI is InChI=1S/C29H32N2/c1-19-11-13-20(14-12-19)27-21-9-7-8-10-25(21)31(6)26-18-23-22(17-24(26)30-27)28(2,3)15-16-29(23,4)5/h7-14,17-18H,15-16H2,1-6H3. The third kappa shape index (κ3) is 3.20. The molecule has 31 heavy (non-hydrogen) atoms. The summed E-state index contributed by atoms with van der Waals surface area (Å²) in [6, 6.07) is 22.2. The Hall–Kier alpha value is -2.87. The average Bonchev–Trinajstić information content (AvgIpc) is 2.86. The monoisotopic (exact) mass is 408 g/mol. The van der Waals surface area contributed by atoms with E-state index in [0.29, 0.717) is 0 Å². The Morgan fingerprint density at radius 3 is 2.06 bits per heavy atom. The zero-order valence-electron chi connectivity index (χ0n) is 19.6. The van der Waals surface area contributed by atoms with Crippen molar-refractivity contribution in [3.8, 4) is 0 Å². The minimum Gasteiger partial charge on any atom is -0.342 e. The summed E-state index contributed by atoms with van der Waals surface area (Å²) in [7, 11) is 2.18. The fraction of sp³-hybridized carbons (Fsp3) is 0.345.